The molecule has 264 valence electrons. The fraction of sp³-hybridized carbons (Fsp3) is 0.0625. The third kappa shape index (κ3) is 6.80. The van der Waals surface area contributed by atoms with E-state index in [1.54, 1.807) is 0 Å². The number of amides is 4. The SMILES string of the molecule is NN(C(=O)Cn1c(=O)n(CC(=O)NNC(=O)c2cc3cc(Cl)cc(Cl)c3oc2=O)c(=O)c2ccccc21)C(=O)c1cc2cc(Cl)cc(Cl)c2oc1=O. The minimum absolute atomic E-state index is 0.00861. The van der Waals surface area contributed by atoms with E-state index in [0.29, 0.717) is 4.57 Å². The summed E-state index contributed by atoms with van der Waals surface area (Å²) in [6.45, 7) is -1.92. The molecule has 0 unspecified atom stereocenters. The van der Waals surface area contributed by atoms with E-state index in [-0.39, 0.29) is 57.9 Å². The van der Waals surface area contributed by atoms with E-state index in [0.717, 1.165) is 16.7 Å². The quantitative estimate of drug-likeness (QED) is 0.0963. The number of nitrogens with zero attached hydrogens (tertiary/aromatic N) is 3. The Morgan fingerprint density at radius 3 is 1.88 bits per heavy atom. The first-order chi connectivity index (χ1) is 24.6. The second-order valence-electron chi connectivity index (χ2n) is 10.9. The van der Waals surface area contributed by atoms with E-state index in [1.807, 2.05) is 10.9 Å². The van der Waals surface area contributed by atoms with Gasteiger partial charge in [0.25, 0.3) is 29.2 Å². The van der Waals surface area contributed by atoms with Gasteiger partial charge >= 0.3 is 16.9 Å². The molecule has 16 nitrogen and oxygen atoms in total. The zero-order chi connectivity index (χ0) is 37.6. The van der Waals surface area contributed by atoms with Gasteiger partial charge in [-0.05, 0) is 48.5 Å². The average molecular weight is 788 g/mol. The van der Waals surface area contributed by atoms with Crippen LogP contribution in [0.5, 0.6) is 0 Å². The molecule has 0 atom stereocenters. The van der Waals surface area contributed by atoms with Crippen LogP contribution in [0.4, 0.5) is 0 Å². The Labute approximate surface area is 307 Å². The van der Waals surface area contributed by atoms with Crippen LogP contribution in [-0.2, 0) is 22.7 Å². The maximum absolute atomic E-state index is 13.6. The normalized spacial score (nSPS) is 11.2. The second kappa shape index (κ2) is 14.1. The molecule has 0 spiro atoms. The van der Waals surface area contributed by atoms with Crippen LogP contribution in [0.25, 0.3) is 32.8 Å². The number of aromatic nitrogens is 2. The van der Waals surface area contributed by atoms with Crippen molar-refractivity contribution in [3.8, 4) is 0 Å². The molecule has 0 aliphatic carbocycles. The smallest absolute Gasteiger partial charge is 0.349 e. The molecule has 0 aliphatic heterocycles. The monoisotopic (exact) mass is 786 g/mol. The molecule has 0 radical (unpaired) electrons. The van der Waals surface area contributed by atoms with Gasteiger partial charge in [-0.15, -0.1) is 0 Å². The zero-order valence-electron chi connectivity index (χ0n) is 25.7. The number of nitrogens with one attached hydrogen (secondary N) is 2. The Balaban J connectivity index is 1.24. The number of para-hydroxylation sites is 1. The summed E-state index contributed by atoms with van der Waals surface area (Å²) in [5, 5.41) is 0.695. The van der Waals surface area contributed by atoms with Crippen molar-refractivity contribution >= 4 is 103 Å². The van der Waals surface area contributed by atoms with Crippen LogP contribution in [0.3, 0.4) is 0 Å². The largest absolute Gasteiger partial charge is 0.421 e. The first-order valence-corrected chi connectivity index (χ1v) is 15.9. The number of hydrazine groups is 2. The lowest BCUT2D eigenvalue weighted by atomic mass is 10.1. The van der Waals surface area contributed by atoms with Crippen molar-refractivity contribution in [3.63, 3.8) is 0 Å². The van der Waals surface area contributed by atoms with Crippen molar-refractivity contribution < 1.29 is 28.0 Å². The second-order valence-corrected chi connectivity index (χ2v) is 12.5. The number of fused-ring (bicyclic) bond motifs is 3. The molecule has 52 heavy (non-hydrogen) atoms. The minimum Gasteiger partial charge on any atom is -0.421 e. The highest BCUT2D eigenvalue weighted by atomic mass is 35.5. The molecule has 0 saturated heterocycles. The molecule has 6 rings (SSSR count). The van der Waals surface area contributed by atoms with Gasteiger partial charge in [-0.25, -0.2) is 25.2 Å². The molecule has 0 bridgehead atoms. The number of hydrogen-bond acceptors (Lipinski definition) is 11. The highest BCUT2D eigenvalue weighted by molar-refractivity contribution is 6.38. The number of imide groups is 1. The maximum atomic E-state index is 13.6. The summed E-state index contributed by atoms with van der Waals surface area (Å²) in [6.07, 6.45) is 0. The molecule has 0 saturated carbocycles. The van der Waals surface area contributed by atoms with Gasteiger partial charge in [0.15, 0.2) is 11.2 Å². The fourth-order valence-electron chi connectivity index (χ4n) is 5.12. The molecule has 20 heteroatoms. The van der Waals surface area contributed by atoms with Gasteiger partial charge in [-0.3, -0.25) is 44.0 Å². The van der Waals surface area contributed by atoms with Crippen molar-refractivity contribution in [2.75, 3.05) is 0 Å². The number of nitrogens with two attached hydrogens (primary N) is 1. The predicted molar refractivity (Wildman–Crippen MR) is 188 cm³/mol. The summed E-state index contributed by atoms with van der Waals surface area (Å²) >= 11 is 24.1. The Morgan fingerprint density at radius 2 is 1.27 bits per heavy atom. The first kappa shape index (κ1) is 36.0. The van der Waals surface area contributed by atoms with Crippen molar-refractivity contribution in [1.82, 2.24) is 25.0 Å². The minimum atomic E-state index is -1.30. The third-order valence-corrected chi connectivity index (χ3v) is 8.51. The summed E-state index contributed by atoms with van der Waals surface area (Å²) in [7, 11) is 0. The zero-order valence-corrected chi connectivity index (χ0v) is 28.7. The topological polar surface area (TPSA) is 226 Å². The van der Waals surface area contributed by atoms with Gasteiger partial charge in [-0.1, -0.05) is 58.5 Å². The highest BCUT2D eigenvalue weighted by Crippen LogP contribution is 2.28. The van der Waals surface area contributed by atoms with Crippen LogP contribution >= 0.6 is 46.4 Å². The molecule has 4 amide bonds. The van der Waals surface area contributed by atoms with Crippen molar-refractivity contribution in [2.45, 2.75) is 13.1 Å². The standard InChI is InChI=1S/C32H18Cl4N6O10/c33-15-5-13-7-18(30(48)51-25(13)20(35)9-15)27(45)39-38-23(43)11-41-28(46)17-3-1-2-4-22(17)40(32(41)50)12-24(44)42(37)29(47)19-8-14-6-16(34)10-21(36)26(14)52-31(19)49/h1-10H,11-12,37H2,(H,38,43)(H,39,45). The Hall–Kier alpha value is -5.78. The van der Waals surface area contributed by atoms with Crippen molar-refractivity contribution in [2.24, 2.45) is 5.84 Å². The van der Waals surface area contributed by atoms with Gasteiger partial charge in [0.05, 0.1) is 20.9 Å². The molecular weight excluding hydrogens is 770 g/mol. The van der Waals surface area contributed by atoms with Gasteiger partial charge in [0.1, 0.15) is 24.2 Å². The van der Waals surface area contributed by atoms with E-state index in [1.165, 1.54) is 48.5 Å². The molecule has 4 N–H and O–H groups in total. The Kier molecular flexibility index (Phi) is 9.76. The van der Waals surface area contributed by atoms with E-state index in [4.69, 9.17) is 61.1 Å². The lowest BCUT2D eigenvalue weighted by Crippen LogP contribution is -2.50. The van der Waals surface area contributed by atoms with Crippen LogP contribution in [0.2, 0.25) is 20.1 Å². The third-order valence-electron chi connectivity index (χ3n) is 7.51. The van der Waals surface area contributed by atoms with Crippen LogP contribution < -0.4 is 39.2 Å². The van der Waals surface area contributed by atoms with E-state index in [9.17, 15) is 38.4 Å². The number of benzene rings is 3. The van der Waals surface area contributed by atoms with Crippen LogP contribution in [0, 0.1) is 0 Å². The molecule has 3 aromatic carbocycles. The lowest BCUT2D eigenvalue weighted by Gasteiger charge is -2.17. The van der Waals surface area contributed by atoms with Gasteiger partial charge in [-0.2, -0.15) is 0 Å². The summed E-state index contributed by atoms with van der Waals surface area (Å²) in [4.78, 5) is 104. The number of carbonyl (C=O) groups is 4. The lowest BCUT2D eigenvalue weighted by molar-refractivity contribution is -0.129. The van der Waals surface area contributed by atoms with Crippen LogP contribution in [0.1, 0.15) is 20.7 Å². The van der Waals surface area contributed by atoms with Crippen molar-refractivity contribution in [3.05, 3.63) is 134 Å². The van der Waals surface area contributed by atoms with Crippen molar-refractivity contribution in [1.29, 1.82) is 0 Å². The molecular formula is C32H18Cl4N6O10. The number of halogens is 4. The Bertz CT molecular complexity index is 2790. The molecule has 0 fully saturated rings. The number of rotatable bonds is 6. The van der Waals surface area contributed by atoms with Gasteiger partial charge in [0, 0.05) is 20.8 Å². The van der Waals surface area contributed by atoms with E-state index >= 15 is 0 Å². The van der Waals surface area contributed by atoms with Gasteiger partial charge < -0.3 is 8.83 Å². The fourth-order valence-corrected chi connectivity index (χ4v) is 6.21. The molecule has 3 heterocycles. The van der Waals surface area contributed by atoms with Gasteiger partial charge in [0.2, 0.25) is 0 Å². The predicted octanol–water partition coefficient (Wildman–Crippen LogP) is 2.99. The van der Waals surface area contributed by atoms with E-state index in [2.05, 4.69) is 0 Å². The molecule has 6 aromatic rings. The summed E-state index contributed by atoms with van der Waals surface area (Å²) < 4.78 is 11.5. The highest BCUT2D eigenvalue weighted by Gasteiger charge is 2.26. The maximum Gasteiger partial charge on any atom is 0.349 e. The molecule has 0 aliphatic rings. The summed E-state index contributed by atoms with van der Waals surface area (Å²) in [5.41, 5.74) is -1.76. The first-order valence-electron chi connectivity index (χ1n) is 14.4. The average Bonchev–Trinajstić information content (AvgIpc) is 3.10. The van der Waals surface area contributed by atoms with Crippen LogP contribution in [0.15, 0.2) is 88.7 Å². The molecule has 3 aromatic heterocycles. The number of hydrogen-bond donors (Lipinski definition) is 3. The Morgan fingerprint density at radius 1 is 0.712 bits per heavy atom. The summed E-state index contributed by atoms with van der Waals surface area (Å²) in [6, 6.07) is 13.2. The van der Waals surface area contributed by atoms with E-state index < -0.39 is 70.3 Å². The summed E-state index contributed by atoms with van der Waals surface area (Å²) in [5.74, 6) is 1.07. The van der Waals surface area contributed by atoms with Crippen LogP contribution in [-0.4, -0.2) is 37.8 Å². The number of carbonyl (C=O) groups excluding carboxylic acids is 4.